The average molecular weight is 384 g/mol. The Morgan fingerprint density at radius 2 is 1.68 bits per heavy atom. The Hall–Kier alpha value is -2.29. The molecule has 0 aliphatic heterocycles. The van der Waals surface area contributed by atoms with Crippen LogP contribution in [0.5, 0.6) is 0 Å². The summed E-state index contributed by atoms with van der Waals surface area (Å²) in [5.74, 6) is -0.577. The lowest BCUT2D eigenvalue weighted by Gasteiger charge is -2.32. The van der Waals surface area contributed by atoms with Crippen LogP contribution in [0.15, 0.2) is 59.6 Å². The van der Waals surface area contributed by atoms with Crippen molar-refractivity contribution in [2.24, 2.45) is 22.2 Å². The number of benzene rings is 2. The molecule has 0 saturated heterocycles. The quantitative estimate of drug-likeness (QED) is 0.463. The number of hydrogen-bond acceptors (Lipinski definition) is 1. The van der Waals surface area contributed by atoms with Gasteiger partial charge in [0, 0.05) is 11.3 Å². The van der Waals surface area contributed by atoms with Crippen LogP contribution >= 0.6 is 0 Å². The van der Waals surface area contributed by atoms with E-state index in [1.165, 1.54) is 11.6 Å². The van der Waals surface area contributed by atoms with Gasteiger partial charge in [-0.1, -0.05) is 71.0 Å². The molecule has 28 heavy (non-hydrogen) atoms. The highest BCUT2D eigenvalue weighted by molar-refractivity contribution is 5.93. The Morgan fingerprint density at radius 3 is 2.25 bits per heavy atom. The number of hydrogen-bond donors (Lipinski definition) is 0. The lowest BCUT2D eigenvalue weighted by molar-refractivity contribution is 0.325. The van der Waals surface area contributed by atoms with E-state index < -0.39 is 11.6 Å². The van der Waals surface area contributed by atoms with Gasteiger partial charge in [-0.25, -0.2) is 8.78 Å². The average Bonchev–Trinajstić information content (AvgIpc) is 2.64. The van der Waals surface area contributed by atoms with Crippen LogP contribution in [0.1, 0.15) is 52.7 Å². The molecule has 2 unspecified atom stereocenters. The molecule has 2 atom stereocenters. The summed E-state index contributed by atoms with van der Waals surface area (Å²) in [6.45, 7) is 12.7. The maximum absolute atomic E-state index is 14.4. The van der Waals surface area contributed by atoms with Gasteiger partial charge in [0.25, 0.3) is 0 Å². The number of halogens is 2. The highest BCUT2D eigenvalue weighted by atomic mass is 19.1. The molecular formula is C25H31F2N. The van der Waals surface area contributed by atoms with E-state index in [1.807, 2.05) is 25.1 Å². The van der Waals surface area contributed by atoms with Gasteiger partial charge in [0.2, 0.25) is 0 Å². The number of aliphatic imine (C=N–C) groups is 1. The second kappa shape index (κ2) is 9.27. The third-order valence-electron chi connectivity index (χ3n) is 5.36. The number of nitrogens with zero attached hydrogens (tertiary/aromatic N) is 1. The molecule has 150 valence electrons. The van der Waals surface area contributed by atoms with Crippen LogP contribution in [-0.4, -0.2) is 5.71 Å². The lowest BCUT2D eigenvalue weighted by atomic mass is 9.74. The van der Waals surface area contributed by atoms with Crippen molar-refractivity contribution in [2.75, 3.05) is 0 Å². The van der Waals surface area contributed by atoms with Crippen LogP contribution in [0.4, 0.5) is 8.78 Å². The maximum atomic E-state index is 14.4. The maximum Gasteiger partial charge on any atom is 0.132 e. The van der Waals surface area contributed by atoms with Gasteiger partial charge in [0.05, 0.1) is 5.70 Å². The van der Waals surface area contributed by atoms with Gasteiger partial charge in [0.15, 0.2) is 0 Å². The second-order valence-electron chi connectivity index (χ2n) is 8.51. The van der Waals surface area contributed by atoms with Crippen molar-refractivity contribution in [2.45, 2.75) is 48.0 Å². The van der Waals surface area contributed by atoms with Crippen molar-refractivity contribution in [3.63, 3.8) is 0 Å². The van der Waals surface area contributed by atoms with Crippen molar-refractivity contribution in [1.29, 1.82) is 0 Å². The standard InChI is InChI=1S/C25H31F2N/c1-7-23(21-16-20(26)13-14-22(21)27)28-24(18(3)25(4,5)6)17(2)15-19-11-9-8-10-12-19/h7-14,16-18H,15H2,1-6H3/b23-7-,28-24?. The van der Waals surface area contributed by atoms with Gasteiger partial charge in [-0.2, -0.15) is 0 Å². The first-order chi connectivity index (χ1) is 13.1. The van der Waals surface area contributed by atoms with Gasteiger partial charge in [-0.05, 0) is 54.4 Å². The van der Waals surface area contributed by atoms with E-state index in [4.69, 9.17) is 4.99 Å². The Labute approximate surface area is 168 Å². The van der Waals surface area contributed by atoms with Crippen LogP contribution in [0.3, 0.4) is 0 Å². The molecule has 0 N–H and O–H groups in total. The molecule has 0 radical (unpaired) electrons. The second-order valence-corrected chi connectivity index (χ2v) is 8.51. The summed E-state index contributed by atoms with van der Waals surface area (Å²) in [5, 5.41) is 0. The highest BCUT2D eigenvalue weighted by Crippen LogP contribution is 2.32. The molecule has 0 bridgehead atoms. The predicted octanol–water partition coefficient (Wildman–Crippen LogP) is 7.33. The largest absolute Gasteiger partial charge is 0.257 e. The lowest BCUT2D eigenvalue weighted by Crippen LogP contribution is -2.31. The summed E-state index contributed by atoms with van der Waals surface area (Å²) in [6, 6.07) is 13.8. The molecule has 0 aliphatic carbocycles. The Morgan fingerprint density at radius 1 is 1.04 bits per heavy atom. The fourth-order valence-corrected chi connectivity index (χ4v) is 3.26. The minimum Gasteiger partial charge on any atom is -0.257 e. The SMILES string of the molecule is C/C=C(\N=C(C(C)Cc1ccccc1)C(C)C(C)(C)C)c1cc(F)ccc1F. The van der Waals surface area contributed by atoms with Gasteiger partial charge < -0.3 is 0 Å². The van der Waals surface area contributed by atoms with E-state index in [9.17, 15) is 8.78 Å². The molecule has 0 spiro atoms. The van der Waals surface area contributed by atoms with E-state index in [0.717, 1.165) is 24.3 Å². The molecule has 0 saturated carbocycles. The molecule has 2 aromatic rings. The molecule has 0 heterocycles. The van der Waals surface area contributed by atoms with Crippen molar-refractivity contribution in [3.8, 4) is 0 Å². The van der Waals surface area contributed by atoms with Crippen molar-refractivity contribution < 1.29 is 8.78 Å². The fourth-order valence-electron chi connectivity index (χ4n) is 3.26. The summed E-state index contributed by atoms with van der Waals surface area (Å²) in [7, 11) is 0. The van der Waals surface area contributed by atoms with Crippen LogP contribution in [-0.2, 0) is 6.42 Å². The van der Waals surface area contributed by atoms with Gasteiger partial charge in [0.1, 0.15) is 11.6 Å². The predicted molar refractivity (Wildman–Crippen MR) is 115 cm³/mol. The monoisotopic (exact) mass is 383 g/mol. The summed E-state index contributed by atoms with van der Waals surface area (Å²) in [6.07, 6.45) is 2.60. The molecule has 0 amide bonds. The zero-order valence-corrected chi connectivity index (χ0v) is 17.8. The molecule has 2 rings (SSSR count). The van der Waals surface area contributed by atoms with Crippen LogP contribution in [0.2, 0.25) is 0 Å². The molecule has 1 nitrogen and oxygen atoms in total. The van der Waals surface area contributed by atoms with E-state index in [1.54, 1.807) is 6.08 Å². The zero-order valence-electron chi connectivity index (χ0n) is 17.8. The van der Waals surface area contributed by atoms with Crippen LogP contribution in [0, 0.1) is 28.9 Å². The van der Waals surface area contributed by atoms with E-state index in [0.29, 0.717) is 5.70 Å². The molecule has 2 aromatic carbocycles. The summed E-state index contributed by atoms with van der Waals surface area (Å²) in [5.41, 5.74) is 2.93. The topological polar surface area (TPSA) is 12.4 Å². The minimum absolute atomic E-state index is 0.00309. The number of allylic oxidation sites excluding steroid dienone is 1. The first-order valence-electron chi connectivity index (χ1n) is 9.87. The van der Waals surface area contributed by atoms with Crippen LogP contribution < -0.4 is 0 Å². The molecule has 3 heteroatoms. The van der Waals surface area contributed by atoms with Gasteiger partial charge >= 0.3 is 0 Å². The Bertz CT molecular complexity index is 845. The normalized spacial score (nSPS) is 15.4. The van der Waals surface area contributed by atoms with Crippen LogP contribution in [0.25, 0.3) is 5.70 Å². The smallest absolute Gasteiger partial charge is 0.132 e. The number of rotatable bonds is 6. The van der Waals surface area contributed by atoms with Gasteiger partial charge in [-0.3, -0.25) is 4.99 Å². The zero-order chi connectivity index (χ0) is 20.9. The Balaban J connectivity index is 2.48. The molecule has 0 aromatic heterocycles. The highest BCUT2D eigenvalue weighted by Gasteiger charge is 2.29. The third-order valence-corrected chi connectivity index (χ3v) is 5.36. The van der Waals surface area contributed by atoms with Crippen molar-refractivity contribution in [3.05, 3.63) is 77.4 Å². The third kappa shape index (κ3) is 5.60. The minimum atomic E-state index is -0.464. The molecule has 0 aliphatic rings. The fraction of sp³-hybridized carbons (Fsp3) is 0.400. The Kier molecular flexibility index (Phi) is 7.29. The molecular weight excluding hydrogens is 352 g/mol. The van der Waals surface area contributed by atoms with Crippen molar-refractivity contribution in [1.82, 2.24) is 0 Å². The van der Waals surface area contributed by atoms with E-state index in [-0.39, 0.29) is 22.8 Å². The first kappa shape index (κ1) is 22.0. The van der Waals surface area contributed by atoms with Gasteiger partial charge in [-0.15, -0.1) is 0 Å². The van der Waals surface area contributed by atoms with Crippen molar-refractivity contribution >= 4 is 11.4 Å². The van der Waals surface area contributed by atoms with E-state index >= 15 is 0 Å². The summed E-state index contributed by atoms with van der Waals surface area (Å²) >= 11 is 0. The summed E-state index contributed by atoms with van der Waals surface area (Å²) < 4.78 is 28.1. The first-order valence-corrected chi connectivity index (χ1v) is 9.87. The molecule has 0 fully saturated rings. The van der Waals surface area contributed by atoms with E-state index in [2.05, 4.69) is 46.8 Å². The summed E-state index contributed by atoms with van der Waals surface area (Å²) in [4.78, 5) is 4.90.